The Hall–Kier alpha value is -0.120. The van der Waals surface area contributed by atoms with E-state index >= 15 is 0 Å². The summed E-state index contributed by atoms with van der Waals surface area (Å²) >= 11 is 1.77. The molecular formula is C5H4IN. The molecule has 0 aliphatic rings. The number of rotatable bonds is 0. The molecule has 0 atom stereocenters. The first-order valence-electron chi connectivity index (χ1n) is 3.64. The van der Waals surface area contributed by atoms with E-state index in [0.717, 1.165) is 0 Å². The average Bonchev–Trinajstić information content (AvgIpc) is 1.97. The molecule has 0 saturated carbocycles. The van der Waals surface area contributed by atoms with Crippen LogP contribution in [0.25, 0.3) is 0 Å². The molecule has 0 aromatic carbocycles. The van der Waals surface area contributed by atoms with Gasteiger partial charge in [0.25, 0.3) is 0 Å². The van der Waals surface area contributed by atoms with Gasteiger partial charge in [0.1, 0.15) is 3.70 Å². The zero-order chi connectivity index (χ0) is 8.59. The maximum atomic E-state index is 7.22. The molecule has 1 rings (SSSR count). The van der Waals surface area contributed by atoms with Crippen LogP contribution in [-0.4, -0.2) is 4.98 Å². The van der Waals surface area contributed by atoms with Gasteiger partial charge in [-0.05, 0) is 34.7 Å². The van der Waals surface area contributed by atoms with Crippen molar-refractivity contribution in [2.75, 3.05) is 0 Å². The highest BCUT2D eigenvalue weighted by Gasteiger charge is 1.75. The normalized spacial score (nSPS) is 16.7. The Morgan fingerprint density at radius 3 is 3.43 bits per heavy atom. The van der Waals surface area contributed by atoms with Gasteiger partial charge in [0.05, 0.1) is 5.48 Å². The summed E-state index contributed by atoms with van der Waals surface area (Å²) < 4.78 is 28.9. The third kappa shape index (κ3) is 1.43. The number of halogens is 1. The van der Waals surface area contributed by atoms with Crippen LogP contribution in [-0.2, 0) is 0 Å². The Kier molecular flexibility index (Phi) is 0.647. The molecule has 0 aliphatic heterocycles. The van der Waals surface area contributed by atoms with E-state index in [-0.39, 0.29) is 24.3 Å². The van der Waals surface area contributed by atoms with E-state index in [0.29, 0.717) is 3.70 Å². The van der Waals surface area contributed by atoms with Gasteiger partial charge in [-0.25, -0.2) is 0 Å². The maximum absolute atomic E-state index is 7.22. The molecule has 0 radical (unpaired) electrons. The van der Waals surface area contributed by atoms with Gasteiger partial charge in [-0.2, -0.15) is 0 Å². The number of nitrogens with zero attached hydrogens (tertiary/aromatic N) is 1. The molecule has 0 spiro atoms. The fraction of sp³-hybridized carbons (Fsp3) is 0. The lowest BCUT2D eigenvalue weighted by atomic mass is 10.5. The van der Waals surface area contributed by atoms with Crippen molar-refractivity contribution in [1.82, 2.24) is 4.98 Å². The summed E-state index contributed by atoms with van der Waals surface area (Å²) in [7, 11) is 0. The number of hydrogen-bond donors (Lipinski definition) is 0. The molecule has 0 fully saturated rings. The average molecular weight is 209 g/mol. The summed E-state index contributed by atoms with van der Waals surface area (Å²) in [5.74, 6) is 0. The van der Waals surface area contributed by atoms with Crippen molar-refractivity contribution in [2.45, 2.75) is 0 Å². The molecule has 1 heterocycles. The van der Waals surface area contributed by atoms with Crippen LogP contribution in [0.2, 0.25) is 0 Å². The lowest BCUT2D eigenvalue weighted by molar-refractivity contribution is 1.27. The van der Waals surface area contributed by atoms with Gasteiger partial charge in [0, 0.05) is 6.17 Å². The molecule has 0 saturated heterocycles. The topological polar surface area (TPSA) is 12.9 Å². The summed E-state index contributed by atoms with van der Waals surface area (Å²) in [6.07, 6.45) is -0.240. The summed E-state index contributed by atoms with van der Waals surface area (Å²) in [6, 6.07) is -0.587. The number of aromatic nitrogens is 1. The third-order valence-corrected chi connectivity index (χ3v) is 0.949. The standard InChI is InChI=1S/C5H4IN/c6-5-3-1-2-4-7-5/h1-4H/i1D,2D,3D,4D. The monoisotopic (exact) mass is 209 g/mol. The Balaban J connectivity index is 3.46. The highest BCUT2D eigenvalue weighted by molar-refractivity contribution is 14.1. The lowest BCUT2D eigenvalue weighted by Gasteiger charge is -1.80. The molecule has 2 heteroatoms. The molecule has 7 heavy (non-hydrogen) atoms. The Morgan fingerprint density at radius 2 is 2.57 bits per heavy atom. The largest absolute Gasteiger partial charge is 0.250 e. The lowest BCUT2D eigenvalue weighted by Crippen LogP contribution is -1.71. The predicted octanol–water partition coefficient (Wildman–Crippen LogP) is 1.69. The molecule has 0 aliphatic carbocycles. The van der Waals surface area contributed by atoms with Crippen molar-refractivity contribution in [1.29, 1.82) is 0 Å². The minimum atomic E-state index is -0.282. The van der Waals surface area contributed by atoms with Crippen molar-refractivity contribution < 1.29 is 5.48 Å². The molecule has 1 nitrogen and oxygen atoms in total. The van der Waals surface area contributed by atoms with Crippen LogP contribution in [0.15, 0.2) is 24.3 Å². The second-order valence-electron chi connectivity index (χ2n) is 0.889. The van der Waals surface area contributed by atoms with Crippen LogP contribution in [0.3, 0.4) is 0 Å². The van der Waals surface area contributed by atoms with Gasteiger partial charge in [0.15, 0.2) is 0 Å². The Morgan fingerprint density at radius 1 is 1.71 bits per heavy atom. The molecule has 0 bridgehead atoms. The molecule has 0 unspecified atom stereocenters. The van der Waals surface area contributed by atoms with Crippen molar-refractivity contribution in [3.63, 3.8) is 0 Å². The highest BCUT2D eigenvalue weighted by Crippen LogP contribution is 1.94. The van der Waals surface area contributed by atoms with Gasteiger partial charge >= 0.3 is 0 Å². The smallest absolute Gasteiger partial charge is 0.101 e. The number of hydrogen-bond acceptors (Lipinski definition) is 1. The van der Waals surface area contributed by atoms with E-state index in [1.54, 1.807) is 22.6 Å². The number of pyridine rings is 1. The molecule has 1 aromatic rings. The summed E-state index contributed by atoms with van der Waals surface area (Å²) in [4.78, 5) is 3.59. The SMILES string of the molecule is [2H]c1nc(I)c([2H])c([2H])c1[2H]. The predicted molar refractivity (Wildman–Crippen MR) is 37.0 cm³/mol. The van der Waals surface area contributed by atoms with Crippen molar-refractivity contribution in [2.24, 2.45) is 0 Å². The quantitative estimate of drug-likeness (QED) is 0.468. The van der Waals surface area contributed by atoms with E-state index in [1.807, 2.05) is 0 Å². The van der Waals surface area contributed by atoms with E-state index in [2.05, 4.69) is 4.98 Å². The van der Waals surface area contributed by atoms with E-state index in [1.165, 1.54) is 0 Å². The minimum Gasteiger partial charge on any atom is -0.250 e. The van der Waals surface area contributed by atoms with Crippen molar-refractivity contribution in [3.8, 4) is 0 Å². The summed E-state index contributed by atoms with van der Waals surface area (Å²) in [5, 5.41) is 0. The first-order chi connectivity index (χ1) is 5.04. The van der Waals surface area contributed by atoms with Crippen LogP contribution in [0.4, 0.5) is 0 Å². The van der Waals surface area contributed by atoms with Crippen LogP contribution in [0, 0.1) is 3.70 Å². The minimum absolute atomic E-state index is 0.0772. The zero-order valence-corrected chi connectivity index (χ0v) is 5.48. The fourth-order valence-electron chi connectivity index (χ4n) is 0.216. The van der Waals surface area contributed by atoms with E-state index < -0.39 is 0 Å². The second kappa shape index (κ2) is 2.26. The van der Waals surface area contributed by atoms with Crippen LogP contribution < -0.4 is 0 Å². The van der Waals surface area contributed by atoms with Gasteiger partial charge in [-0.3, -0.25) is 4.98 Å². The fourth-order valence-corrected chi connectivity index (χ4v) is 0.471. The van der Waals surface area contributed by atoms with Gasteiger partial charge in [0.2, 0.25) is 0 Å². The molecule has 0 N–H and O–H groups in total. The van der Waals surface area contributed by atoms with Gasteiger partial charge in [-0.1, -0.05) is 6.04 Å². The second-order valence-corrected chi connectivity index (χ2v) is 1.91. The molecule has 1 aromatic heterocycles. The summed E-state index contributed by atoms with van der Waals surface area (Å²) in [6.45, 7) is 0. The Bertz CT molecular complexity index is 275. The molecule has 36 valence electrons. The third-order valence-electron chi connectivity index (χ3n) is 0.438. The van der Waals surface area contributed by atoms with Crippen LogP contribution >= 0.6 is 22.6 Å². The first-order valence-corrected chi connectivity index (χ1v) is 2.71. The van der Waals surface area contributed by atoms with Crippen LogP contribution in [0.5, 0.6) is 0 Å². The zero-order valence-electron chi connectivity index (χ0n) is 7.33. The van der Waals surface area contributed by atoms with E-state index in [9.17, 15) is 0 Å². The Labute approximate surface area is 61.5 Å². The van der Waals surface area contributed by atoms with Gasteiger partial charge in [-0.15, -0.1) is 0 Å². The maximum Gasteiger partial charge on any atom is 0.101 e. The van der Waals surface area contributed by atoms with Crippen LogP contribution in [0.1, 0.15) is 5.48 Å². The van der Waals surface area contributed by atoms with Crippen molar-refractivity contribution >= 4 is 22.6 Å². The molecule has 0 amide bonds. The van der Waals surface area contributed by atoms with Crippen molar-refractivity contribution in [3.05, 3.63) is 28.0 Å². The highest BCUT2D eigenvalue weighted by atomic mass is 127. The van der Waals surface area contributed by atoms with E-state index in [4.69, 9.17) is 5.48 Å². The van der Waals surface area contributed by atoms with Gasteiger partial charge < -0.3 is 0 Å². The first kappa shape index (κ1) is 2.01. The summed E-state index contributed by atoms with van der Waals surface area (Å²) in [5.41, 5.74) is 0. The molecular weight excluding hydrogens is 201 g/mol.